The van der Waals surface area contributed by atoms with Crippen LogP contribution in [-0.2, 0) is 9.53 Å². The van der Waals surface area contributed by atoms with Gasteiger partial charge in [0.15, 0.2) is 0 Å². The van der Waals surface area contributed by atoms with Gasteiger partial charge in [-0.2, -0.15) is 0 Å². The zero-order valence-corrected chi connectivity index (χ0v) is 10.4. The second-order valence-electron chi connectivity index (χ2n) is 5.67. The van der Waals surface area contributed by atoms with Crippen molar-refractivity contribution in [1.82, 2.24) is 5.32 Å². The molecule has 1 spiro atoms. The van der Waals surface area contributed by atoms with Crippen molar-refractivity contribution in [2.24, 2.45) is 5.41 Å². The van der Waals surface area contributed by atoms with Crippen LogP contribution >= 0.6 is 12.4 Å². The molecule has 1 aliphatic heterocycles. The Morgan fingerprint density at radius 3 is 2.40 bits per heavy atom. The number of nitrogens with one attached hydrogen (secondary N) is 1. The fourth-order valence-corrected chi connectivity index (χ4v) is 2.01. The van der Waals surface area contributed by atoms with Gasteiger partial charge in [-0.3, -0.25) is 4.79 Å². The van der Waals surface area contributed by atoms with Crippen LogP contribution in [0.1, 0.15) is 40.0 Å². The molecule has 15 heavy (non-hydrogen) atoms. The highest BCUT2D eigenvalue weighted by atomic mass is 35.5. The molecule has 1 saturated heterocycles. The molecule has 0 aromatic heterocycles. The lowest BCUT2D eigenvalue weighted by atomic mass is 10.0. The quantitative estimate of drug-likeness (QED) is 0.703. The standard InChI is InChI=1S/C11H19NO2.ClH/c1-10(2,3)14-9(13)8-6-11(4-5-11)7-12-8;/h8,12H,4-7H2,1-3H3;1H/t8-;/m0./s1. The summed E-state index contributed by atoms with van der Waals surface area (Å²) in [5, 5.41) is 3.26. The molecule has 88 valence electrons. The fraction of sp³-hybridized carbons (Fsp3) is 0.909. The number of hydrogen-bond donors (Lipinski definition) is 1. The predicted molar refractivity (Wildman–Crippen MR) is 61.2 cm³/mol. The third-order valence-electron chi connectivity index (χ3n) is 3.01. The average Bonchev–Trinajstić information content (AvgIpc) is 2.57. The van der Waals surface area contributed by atoms with Gasteiger partial charge < -0.3 is 10.1 Å². The molecule has 1 aliphatic carbocycles. The number of halogens is 1. The first kappa shape index (κ1) is 12.8. The highest BCUT2D eigenvalue weighted by Crippen LogP contribution is 2.51. The number of carbonyl (C=O) groups excluding carboxylic acids is 1. The van der Waals surface area contributed by atoms with Crippen molar-refractivity contribution in [3.05, 3.63) is 0 Å². The van der Waals surface area contributed by atoms with E-state index in [1.807, 2.05) is 20.8 Å². The van der Waals surface area contributed by atoms with E-state index in [4.69, 9.17) is 4.74 Å². The molecule has 0 aromatic carbocycles. The van der Waals surface area contributed by atoms with Crippen LogP contribution in [0.2, 0.25) is 0 Å². The van der Waals surface area contributed by atoms with Gasteiger partial charge in [-0.25, -0.2) is 0 Å². The summed E-state index contributed by atoms with van der Waals surface area (Å²) in [5.41, 5.74) is 0.0969. The van der Waals surface area contributed by atoms with Crippen molar-refractivity contribution in [1.29, 1.82) is 0 Å². The van der Waals surface area contributed by atoms with Crippen LogP contribution in [0, 0.1) is 5.41 Å². The maximum absolute atomic E-state index is 11.7. The summed E-state index contributed by atoms with van der Waals surface area (Å²) in [6.07, 6.45) is 3.53. The third-order valence-corrected chi connectivity index (χ3v) is 3.01. The van der Waals surface area contributed by atoms with E-state index in [1.165, 1.54) is 12.8 Å². The van der Waals surface area contributed by atoms with Gasteiger partial charge in [0.05, 0.1) is 0 Å². The van der Waals surface area contributed by atoms with Crippen LogP contribution in [0.3, 0.4) is 0 Å². The van der Waals surface area contributed by atoms with Crippen molar-refractivity contribution in [3.8, 4) is 0 Å². The largest absolute Gasteiger partial charge is 0.459 e. The van der Waals surface area contributed by atoms with Crippen molar-refractivity contribution in [2.75, 3.05) is 6.54 Å². The maximum atomic E-state index is 11.7. The Bertz CT molecular complexity index is 256. The van der Waals surface area contributed by atoms with E-state index in [-0.39, 0.29) is 30.0 Å². The minimum Gasteiger partial charge on any atom is -0.459 e. The zero-order chi connectivity index (χ0) is 10.4. The van der Waals surface area contributed by atoms with Crippen LogP contribution in [-0.4, -0.2) is 24.2 Å². The van der Waals surface area contributed by atoms with Crippen molar-refractivity contribution in [2.45, 2.75) is 51.7 Å². The molecule has 0 radical (unpaired) electrons. The SMILES string of the molecule is CC(C)(C)OC(=O)[C@@H]1CC2(CC2)CN1.Cl. The Morgan fingerprint density at radius 2 is 2.00 bits per heavy atom. The van der Waals surface area contributed by atoms with Gasteiger partial charge in [0.1, 0.15) is 11.6 Å². The average molecular weight is 234 g/mol. The molecular weight excluding hydrogens is 214 g/mol. The number of ether oxygens (including phenoxy) is 1. The molecule has 0 amide bonds. The smallest absolute Gasteiger partial charge is 0.323 e. The number of hydrogen-bond acceptors (Lipinski definition) is 3. The fourth-order valence-electron chi connectivity index (χ4n) is 2.01. The van der Waals surface area contributed by atoms with Crippen LogP contribution < -0.4 is 5.32 Å². The molecule has 1 saturated carbocycles. The number of carbonyl (C=O) groups is 1. The Labute approximate surface area is 97.4 Å². The van der Waals surface area contributed by atoms with Gasteiger partial charge in [0, 0.05) is 6.54 Å². The first-order valence-electron chi connectivity index (χ1n) is 5.37. The molecule has 4 heteroatoms. The monoisotopic (exact) mass is 233 g/mol. The summed E-state index contributed by atoms with van der Waals surface area (Å²) < 4.78 is 5.34. The molecule has 2 rings (SSSR count). The number of rotatable bonds is 1. The van der Waals surface area contributed by atoms with Crippen LogP contribution in [0.4, 0.5) is 0 Å². The summed E-state index contributed by atoms with van der Waals surface area (Å²) >= 11 is 0. The van der Waals surface area contributed by atoms with Crippen LogP contribution in [0.25, 0.3) is 0 Å². The minimum atomic E-state index is -0.363. The zero-order valence-electron chi connectivity index (χ0n) is 9.63. The van der Waals surface area contributed by atoms with Gasteiger partial charge in [-0.15, -0.1) is 12.4 Å². The second-order valence-corrected chi connectivity index (χ2v) is 5.67. The molecule has 0 bridgehead atoms. The molecule has 1 N–H and O–H groups in total. The molecule has 2 fully saturated rings. The predicted octanol–water partition coefficient (Wildman–Crippen LogP) is 1.89. The maximum Gasteiger partial charge on any atom is 0.323 e. The van der Waals surface area contributed by atoms with Gasteiger partial charge >= 0.3 is 5.97 Å². The summed E-state index contributed by atoms with van der Waals surface area (Å²) in [4.78, 5) is 11.7. The Morgan fingerprint density at radius 1 is 1.40 bits per heavy atom. The van der Waals surface area contributed by atoms with E-state index in [1.54, 1.807) is 0 Å². The second kappa shape index (κ2) is 3.95. The van der Waals surface area contributed by atoms with E-state index >= 15 is 0 Å². The van der Waals surface area contributed by atoms with Gasteiger partial charge in [0.25, 0.3) is 0 Å². The summed E-state index contributed by atoms with van der Waals surface area (Å²) in [6.45, 7) is 6.73. The van der Waals surface area contributed by atoms with Crippen LogP contribution in [0.15, 0.2) is 0 Å². The van der Waals surface area contributed by atoms with Gasteiger partial charge in [-0.05, 0) is 45.4 Å². The Kier molecular flexibility index (Phi) is 3.36. The first-order chi connectivity index (χ1) is 6.40. The first-order valence-corrected chi connectivity index (χ1v) is 5.37. The van der Waals surface area contributed by atoms with Crippen molar-refractivity contribution < 1.29 is 9.53 Å². The van der Waals surface area contributed by atoms with Crippen molar-refractivity contribution >= 4 is 18.4 Å². The van der Waals surface area contributed by atoms with E-state index < -0.39 is 0 Å². The molecule has 2 aliphatic rings. The highest BCUT2D eigenvalue weighted by molar-refractivity contribution is 5.85. The van der Waals surface area contributed by atoms with Crippen molar-refractivity contribution in [3.63, 3.8) is 0 Å². The summed E-state index contributed by atoms with van der Waals surface area (Å²) in [5.74, 6) is -0.0822. The lowest BCUT2D eigenvalue weighted by molar-refractivity contribution is -0.157. The molecule has 3 nitrogen and oxygen atoms in total. The van der Waals surface area contributed by atoms with E-state index in [0.29, 0.717) is 5.41 Å². The topological polar surface area (TPSA) is 38.3 Å². The summed E-state index contributed by atoms with van der Waals surface area (Å²) in [6, 6.07) is -0.0586. The van der Waals surface area contributed by atoms with Crippen LogP contribution in [0.5, 0.6) is 0 Å². The molecule has 1 atom stereocenters. The Hall–Kier alpha value is -0.280. The molecule has 0 unspecified atom stereocenters. The molecular formula is C11H20ClNO2. The van der Waals surface area contributed by atoms with Gasteiger partial charge in [0.2, 0.25) is 0 Å². The lowest BCUT2D eigenvalue weighted by Crippen LogP contribution is -2.37. The van der Waals surface area contributed by atoms with E-state index in [2.05, 4.69) is 5.32 Å². The lowest BCUT2D eigenvalue weighted by Gasteiger charge is -2.22. The molecule has 1 heterocycles. The Balaban J connectivity index is 0.00000112. The van der Waals surface area contributed by atoms with E-state index in [9.17, 15) is 4.79 Å². The van der Waals surface area contributed by atoms with Gasteiger partial charge in [-0.1, -0.05) is 0 Å². The summed E-state index contributed by atoms with van der Waals surface area (Å²) in [7, 11) is 0. The molecule has 0 aromatic rings. The highest BCUT2D eigenvalue weighted by Gasteiger charge is 2.50. The number of esters is 1. The van der Waals surface area contributed by atoms with E-state index in [0.717, 1.165) is 13.0 Å². The minimum absolute atomic E-state index is 0. The third kappa shape index (κ3) is 3.08. The normalized spacial score (nSPS) is 27.3.